The van der Waals surface area contributed by atoms with Crippen molar-refractivity contribution in [2.24, 2.45) is 16.8 Å². The Balaban J connectivity index is 0.00000392. The van der Waals surface area contributed by atoms with E-state index in [4.69, 9.17) is 9.47 Å². The van der Waals surface area contributed by atoms with E-state index >= 15 is 0 Å². The number of ether oxygens (including phenoxy) is 2. The minimum Gasteiger partial charge on any atom is -0.495 e. The average Bonchev–Trinajstić information content (AvgIpc) is 3.15. The predicted molar refractivity (Wildman–Crippen MR) is 128 cm³/mol. The van der Waals surface area contributed by atoms with Crippen LogP contribution in [0, 0.1) is 11.8 Å². The van der Waals surface area contributed by atoms with Crippen LogP contribution in [0.4, 0.5) is 5.69 Å². The van der Waals surface area contributed by atoms with Crippen molar-refractivity contribution in [3.05, 3.63) is 24.3 Å². The third kappa shape index (κ3) is 8.43. The number of hydrogen-bond acceptors (Lipinski definition) is 4. The summed E-state index contributed by atoms with van der Waals surface area (Å²) < 4.78 is 11.1. The van der Waals surface area contributed by atoms with Gasteiger partial charge in [-0.25, -0.2) is 0 Å². The molecule has 7 heteroatoms. The molecule has 1 heterocycles. The van der Waals surface area contributed by atoms with Gasteiger partial charge in [0, 0.05) is 46.4 Å². The standard InChI is InChI=1S/C21H36N4O2.HI/c1-17(2)16-27-13-7-11-23-21(22-3)24-14-18-10-12-25(15-18)19-8-5-6-9-20(19)26-4;/h5-6,8-9,17-18H,7,10-16H2,1-4H3,(H2,22,23,24);1H. The molecule has 0 saturated carbocycles. The van der Waals surface area contributed by atoms with E-state index in [1.54, 1.807) is 7.11 Å². The Morgan fingerprint density at radius 1 is 1.29 bits per heavy atom. The molecule has 1 aromatic rings. The summed E-state index contributed by atoms with van der Waals surface area (Å²) in [5.74, 6) is 3.01. The first-order valence-corrected chi connectivity index (χ1v) is 10.0. The van der Waals surface area contributed by atoms with Gasteiger partial charge in [-0.05, 0) is 36.8 Å². The number of aliphatic imine (C=N–C) groups is 1. The Hall–Kier alpha value is -1.22. The quantitative estimate of drug-likeness (QED) is 0.222. The second kappa shape index (κ2) is 13.9. The van der Waals surface area contributed by atoms with Gasteiger partial charge in [-0.1, -0.05) is 26.0 Å². The monoisotopic (exact) mass is 504 g/mol. The number of nitrogens with one attached hydrogen (secondary N) is 2. The highest BCUT2D eigenvalue weighted by Crippen LogP contribution is 2.31. The molecule has 1 unspecified atom stereocenters. The highest BCUT2D eigenvalue weighted by Gasteiger charge is 2.24. The summed E-state index contributed by atoms with van der Waals surface area (Å²) in [4.78, 5) is 6.73. The molecule has 0 spiro atoms. The number of halogens is 1. The Bertz CT molecular complexity index is 583. The summed E-state index contributed by atoms with van der Waals surface area (Å²) in [6.07, 6.45) is 2.16. The van der Waals surface area contributed by atoms with E-state index in [-0.39, 0.29) is 24.0 Å². The van der Waals surface area contributed by atoms with Gasteiger partial charge < -0.3 is 25.0 Å². The van der Waals surface area contributed by atoms with Crippen LogP contribution in [0.1, 0.15) is 26.7 Å². The van der Waals surface area contributed by atoms with E-state index in [1.165, 1.54) is 12.1 Å². The number of benzene rings is 1. The molecule has 0 aromatic heterocycles. The van der Waals surface area contributed by atoms with Crippen LogP contribution in [-0.4, -0.2) is 59.5 Å². The summed E-state index contributed by atoms with van der Waals surface area (Å²) in [6, 6.07) is 8.25. The van der Waals surface area contributed by atoms with E-state index in [9.17, 15) is 0 Å². The van der Waals surface area contributed by atoms with Crippen molar-refractivity contribution in [3.8, 4) is 5.75 Å². The molecule has 1 aliphatic heterocycles. The van der Waals surface area contributed by atoms with Gasteiger partial charge >= 0.3 is 0 Å². The molecule has 6 nitrogen and oxygen atoms in total. The summed E-state index contributed by atoms with van der Waals surface area (Å²) >= 11 is 0. The highest BCUT2D eigenvalue weighted by atomic mass is 127. The first-order valence-electron chi connectivity index (χ1n) is 10.0. The molecule has 0 amide bonds. The molecule has 2 rings (SSSR count). The molecule has 1 atom stereocenters. The number of rotatable bonds is 10. The second-order valence-corrected chi connectivity index (χ2v) is 7.47. The van der Waals surface area contributed by atoms with Crippen LogP contribution in [0.5, 0.6) is 5.75 Å². The Labute approximate surface area is 187 Å². The lowest BCUT2D eigenvalue weighted by Crippen LogP contribution is -2.40. The van der Waals surface area contributed by atoms with Crippen molar-refractivity contribution in [1.29, 1.82) is 0 Å². The maximum absolute atomic E-state index is 5.61. The van der Waals surface area contributed by atoms with Gasteiger partial charge in [0.2, 0.25) is 0 Å². The van der Waals surface area contributed by atoms with E-state index in [2.05, 4.69) is 46.5 Å². The summed E-state index contributed by atoms with van der Waals surface area (Å²) in [5, 5.41) is 6.83. The second-order valence-electron chi connectivity index (χ2n) is 7.47. The minimum absolute atomic E-state index is 0. The van der Waals surface area contributed by atoms with E-state index in [0.717, 1.165) is 57.5 Å². The molecule has 0 aliphatic carbocycles. The molecule has 2 N–H and O–H groups in total. The third-order valence-electron chi connectivity index (χ3n) is 4.70. The fourth-order valence-electron chi connectivity index (χ4n) is 3.27. The maximum atomic E-state index is 5.61. The lowest BCUT2D eigenvalue weighted by molar-refractivity contribution is 0.108. The smallest absolute Gasteiger partial charge is 0.190 e. The van der Waals surface area contributed by atoms with E-state index < -0.39 is 0 Å². The summed E-state index contributed by atoms with van der Waals surface area (Å²) in [5.41, 5.74) is 1.19. The van der Waals surface area contributed by atoms with Crippen LogP contribution in [0.3, 0.4) is 0 Å². The molecule has 1 aromatic carbocycles. The van der Waals surface area contributed by atoms with Crippen molar-refractivity contribution >= 4 is 35.6 Å². The first kappa shape index (κ1) is 24.8. The molecule has 160 valence electrons. The van der Waals surface area contributed by atoms with Gasteiger partial charge in [0.05, 0.1) is 12.8 Å². The van der Waals surface area contributed by atoms with Crippen LogP contribution < -0.4 is 20.3 Å². The average molecular weight is 504 g/mol. The van der Waals surface area contributed by atoms with Crippen molar-refractivity contribution in [1.82, 2.24) is 10.6 Å². The van der Waals surface area contributed by atoms with Gasteiger partial charge in [-0.3, -0.25) is 4.99 Å². The largest absolute Gasteiger partial charge is 0.495 e. The molecular weight excluding hydrogens is 467 g/mol. The van der Waals surface area contributed by atoms with Crippen LogP contribution in [0.15, 0.2) is 29.3 Å². The van der Waals surface area contributed by atoms with E-state index in [0.29, 0.717) is 11.8 Å². The maximum Gasteiger partial charge on any atom is 0.190 e. The normalized spacial score (nSPS) is 16.8. The molecule has 0 bridgehead atoms. The predicted octanol–water partition coefficient (Wildman–Crippen LogP) is 3.37. The number of para-hydroxylation sites is 2. The highest BCUT2D eigenvalue weighted by molar-refractivity contribution is 14.0. The zero-order valence-corrected chi connectivity index (χ0v) is 20.1. The van der Waals surface area contributed by atoms with E-state index in [1.807, 2.05) is 19.2 Å². The summed E-state index contributed by atoms with van der Waals surface area (Å²) in [6.45, 7) is 9.85. The van der Waals surface area contributed by atoms with Crippen molar-refractivity contribution in [2.45, 2.75) is 26.7 Å². The number of nitrogens with zero attached hydrogens (tertiary/aromatic N) is 2. The SMILES string of the molecule is CN=C(NCCCOCC(C)C)NCC1CCN(c2ccccc2OC)C1.I. The van der Waals surface area contributed by atoms with Crippen LogP contribution >= 0.6 is 24.0 Å². The fraction of sp³-hybridized carbons (Fsp3) is 0.667. The van der Waals surface area contributed by atoms with Crippen molar-refractivity contribution in [2.75, 3.05) is 58.5 Å². The number of methoxy groups -OCH3 is 1. The minimum atomic E-state index is 0. The molecule has 1 fully saturated rings. The number of anilines is 1. The van der Waals surface area contributed by atoms with Crippen molar-refractivity contribution in [3.63, 3.8) is 0 Å². The fourth-order valence-corrected chi connectivity index (χ4v) is 3.27. The topological polar surface area (TPSA) is 58.1 Å². The molecule has 28 heavy (non-hydrogen) atoms. The molecular formula is C21H37IN4O2. The molecule has 0 radical (unpaired) electrons. The Kier molecular flexibility index (Phi) is 12.3. The van der Waals surface area contributed by atoms with Crippen LogP contribution in [-0.2, 0) is 4.74 Å². The first-order chi connectivity index (χ1) is 13.1. The number of hydrogen-bond donors (Lipinski definition) is 2. The van der Waals surface area contributed by atoms with Gasteiger partial charge in [0.15, 0.2) is 5.96 Å². The lowest BCUT2D eigenvalue weighted by Gasteiger charge is -2.21. The molecule has 1 aliphatic rings. The zero-order chi connectivity index (χ0) is 19.5. The summed E-state index contributed by atoms with van der Waals surface area (Å²) in [7, 11) is 3.55. The van der Waals surface area contributed by atoms with Gasteiger partial charge in [-0.2, -0.15) is 0 Å². The van der Waals surface area contributed by atoms with Gasteiger partial charge in [0.25, 0.3) is 0 Å². The molecule has 1 saturated heterocycles. The third-order valence-corrected chi connectivity index (χ3v) is 4.70. The number of guanidine groups is 1. The Morgan fingerprint density at radius 2 is 2.07 bits per heavy atom. The Morgan fingerprint density at radius 3 is 2.79 bits per heavy atom. The van der Waals surface area contributed by atoms with Crippen LogP contribution in [0.2, 0.25) is 0 Å². The van der Waals surface area contributed by atoms with Gasteiger partial charge in [0.1, 0.15) is 5.75 Å². The van der Waals surface area contributed by atoms with Crippen molar-refractivity contribution < 1.29 is 9.47 Å². The lowest BCUT2D eigenvalue weighted by atomic mass is 10.1. The zero-order valence-electron chi connectivity index (χ0n) is 17.7. The van der Waals surface area contributed by atoms with Gasteiger partial charge in [-0.15, -0.1) is 24.0 Å². The van der Waals surface area contributed by atoms with Crippen LogP contribution in [0.25, 0.3) is 0 Å².